The lowest BCUT2D eigenvalue weighted by molar-refractivity contribution is -0.136. The van der Waals surface area contributed by atoms with Gasteiger partial charge in [-0.25, -0.2) is 12.8 Å². The first-order valence-electron chi connectivity index (χ1n) is 22.7. The zero-order chi connectivity index (χ0) is 47.0. The average Bonchev–Trinajstić information content (AvgIpc) is 3.88. The molecule has 5 N–H and O–H groups in total. The third kappa shape index (κ3) is 9.08. The number of imide groups is 2. The van der Waals surface area contributed by atoms with Crippen LogP contribution in [-0.4, -0.2) is 84.0 Å². The molecule has 5 amide bonds. The molecule has 9 rings (SSSR count). The van der Waals surface area contributed by atoms with Crippen molar-refractivity contribution in [3.05, 3.63) is 142 Å². The van der Waals surface area contributed by atoms with Crippen LogP contribution in [0.2, 0.25) is 0 Å². The predicted octanol–water partition coefficient (Wildman–Crippen LogP) is 6.75. The number of halogens is 1. The zero-order valence-corrected chi connectivity index (χ0v) is 37.7. The fraction of sp³-hybridized carbons (Fsp3) is 0.314. The second-order valence-electron chi connectivity index (χ2n) is 17.7. The van der Waals surface area contributed by atoms with Crippen molar-refractivity contribution in [2.75, 3.05) is 35.6 Å². The first kappa shape index (κ1) is 45.4. The van der Waals surface area contributed by atoms with E-state index in [1.165, 1.54) is 12.1 Å². The molecular formula is C51H51FN6O8S. The normalized spacial score (nSPS) is 20.2. The fourth-order valence-corrected chi connectivity index (χ4v) is 11.5. The van der Waals surface area contributed by atoms with Gasteiger partial charge in [-0.3, -0.25) is 34.2 Å². The van der Waals surface area contributed by atoms with Crippen molar-refractivity contribution in [3.8, 4) is 11.1 Å². The number of aryl methyl sites for hydroxylation is 3. The van der Waals surface area contributed by atoms with Crippen LogP contribution < -0.4 is 21.3 Å². The Labute approximate surface area is 388 Å². The molecule has 0 aliphatic carbocycles. The van der Waals surface area contributed by atoms with Gasteiger partial charge in [0.1, 0.15) is 11.9 Å². The highest BCUT2D eigenvalue weighted by Gasteiger charge is 2.49. The molecule has 0 saturated carbocycles. The lowest BCUT2D eigenvalue weighted by atomic mass is 9.82. The van der Waals surface area contributed by atoms with E-state index in [0.717, 1.165) is 38.4 Å². The maximum atomic E-state index is 15.3. The van der Waals surface area contributed by atoms with E-state index in [1.807, 2.05) is 49.4 Å². The monoisotopic (exact) mass is 926 g/mol. The molecule has 16 heteroatoms. The van der Waals surface area contributed by atoms with Crippen molar-refractivity contribution in [3.63, 3.8) is 0 Å². The Hall–Kier alpha value is -6.75. The van der Waals surface area contributed by atoms with Crippen molar-refractivity contribution >= 4 is 56.6 Å². The number of nitrogens with zero attached hydrogens (tertiary/aromatic N) is 2. The Morgan fingerprint density at radius 1 is 0.866 bits per heavy atom. The van der Waals surface area contributed by atoms with Gasteiger partial charge in [-0.15, -0.1) is 0 Å². The summed E-state index contributed by atoms with van der Waals surface area (Å²) in [6.45, 7) is 2.54. The van der Waals surface area contributed by atoms with Gasteiger partial charge in [-0.1, -0.05) is 54.1 Å². The Morgan fingerprint density at radius 3 is 2.43 bits per heavy atom. The van der Waals surface area contributed by atoms with Gasteiger partial charge in [0.2, 0.25) is 27.7 Å². The number of hydrogen-bond acceptors (Lipinski definition) is 10. The number of carbonyl (C=O) groups is 5. The molecule has 1 unspecified atom stereocenters. The molecule has 2 saturated heterocycles. The molecule has 4 aliphatic rings. The number of amides is 5. The highest BCUT2D eigenvalue weighted by molar-refractivity contribution is 7.89. The first-order chi connectivity index (χ1) is 32.3. The molecule has 0 aromatic heterocycles. The van der Waals surface area contributed by atoms with E-state index in [-0.39, 0.29) is 65.6 Å². The maximum absolute atomic E-state index is 15.3. The summed E-state index contributed by atoms with van der Waals surface area (Å²) in [6.07, 6.45) is 2.80. The minimum absolute atomic E-state index is 0.0352. The molecule has 14 nitrogen and oxygen atoms in total. The minimum atomic E-state index is -3.83. The fourth-order valence-electron chi connectivity index (χ4n) is 9.88. The van der Waals surface area contributed by atoms with Crippen LogP contribution in [0.3, 0.4) is 0 Å². The van der Waals surface area contributed by atoms with E-state index >= 15 is 4.39 Å². The van der Waals surface area contributed by atoms with Crippen LogP contribution in [0.5, 0.6) is 0 Å². The Morgan fingerprint density at radius 2 is 1.66 bits per heavy atom. The van der Waals surface area contributed by atoms with Crippen LogP contribution in [0.25, 0.3) is 11.1 Å². The Bertz CT molecular complexity index is 2910. The van der Waals surface area contributed by atoms with Crippen molar-refractivity contribution in [2.45, 2.75) is 81.3 Å². The summed E-state index contributed by atoms with van der Waals surface area (Å²) in [5.41, 5.74) is 6.96. The van der Waals surface area contributed by atoms with E-state index in [9.17, 15) is 37.5 Å². The highest BCUT2D eigenvalue weighted by Crippen LogP contribution is 2.49. The van der Waals surface area contributed by atoms with E-state index in [2.05, 4.69) is 21.3 Å². The summed E-state index contributed by atoms with van der Waals surface area (Å²) in [6, 6.07) is 28.3. The van der Waals surface area contributed by atoms with Crippen LogP contribution in [0.15, 0.2) is 108 Å². The molecule has 67 heavy (non-hydrogen) atoms. The maximum Gasteiger partial charge on any atom is 0.264 e. The number of aliphatic hydroxyl groups is 1. The summed E-state index contributed by atoms with van der Waals surface area (Å²) >= 11 is 0. The van der Waals surface area contributed by atoms with Gasteiger partial charge in [-0.2, -0.15) is 4.31 Å². The SMILES string of the molecule is Cc1ccc(S(=O)(=O)N2CC[C@@H]3[C@H](CO)Nc4ccc(-c5cccc(NC(=O)CCCc6ccc(CCCNc7cccc8c7C(=O)N(C7CCC(=O)NC7=O)C8=O)cc6F)c5)cc4[C@@H]32)cc1. The number of piperidine rings is 1. The molecule has 4 atom stereocenters. The van der Waals surface area contributed by atoms with Crippen LogP contribution >= 0.6 is 0 Å². The molecule has 4 heterocycles. The summed E-state index contributed by atoms with van der Waals surface area (Å²) in [7, 11) is -3.83. The van der Waals surface area contributed by atoms with Crippen molar-refractivity contribution in [1.29, 1.82) is 0 Å². The number of hydrogen-bond donors (Lipinski definition) is 5. The van der Waals surface area contributed by atoms with Crippen molar-refractivity contribution in [1.82, 2.24) is 14.5 Å². The molecule has 2 fully saturated rings. The van der Waals surface area contributed by atoms with Crippen molar-refractivity contribution < 1.29 is 41.9 Å². The van der Waals surface area contributed by atoms with Gasteiger partial charge >= 0.3 is 0 Å². The Kier molecular flexibility index (Phi) is 12.8. The standard InChI is InChI=1S/C51H51FN6O8S/c1-30-13-18-36(19-14-30)67(65,66)57-25-23-37-43(29-59)55-41-20-17-34(28-39(41)48(37)57)33-8-2-9-35(27-33)54-45(60)12-3-7-32-16-15-31(26-40(32)52)6-5-24-53-42-11-4-10-38-47(42)51(64)58(50(38)63)44-21-22-46(61)56-49(44)62/h2,4,8-11,13-20,26-28,37,43-44,48,53,55,59H,3,5-7,12,21-25,29H2,1H3,(H,54,60)(H,56,61,62)/t37-,43+,44?,48-/m1/s1. The van der Waals surface area contributed by atoms with Gasteiger partial charge in [0.25, 0.3) is 11.8 Å². The summed E-state index contributed by atoms with van der Waals surface area (Å²) in [5.74, 6) is -2.98. The van der Waals surface area contributed by atoms with Crippen LogP contribution in [0.4, 0.5) is 21.5 Å². The lowest BCUT2D eigenvalue weighted by Crippen LogP contribution is -2.54. The van der Waals surface area contributed by atoms with Gasteiger partial charge < -0.3 is 21.1 Å². The third-order valence-corrected chi connectivity index (χ3v) is 15.2. The van der Waals surface area contributed by atoms with Crippen LogP contribution in [0.1, 0.15) is 87.5 Å². The number of nitrogens with one attached hydrogen (secondary N) is 4. The van der Waals surface area contributed by atoms with Gasteiger partial charge in [0.05, 0.1) is 34.7 Å². The van der Waals surface area contributed by atoms with Gasteiger partial charge in [0, 0.05) is 48.9 Å². The van der Waals surface area contributed by atoms with E-state index in [0.29, 0.717) is 62.1 Å². The molecule has 5 aromatic carbocycles. The van der Waals surface area contributed by atoms with E-state index < -0.39 is 45.7 Å². The van der Waals surface area contributed by atoms with Crippen LogP contribution in [0, 0.1) is 18.7 Å². The molecule has 4 aliphatic heterocycles. The predicted molar refractivity (Wildman–Crippen MR) is 250 cm³/mol. The number of carbonyl (C=O) groups excluding carboxylic acids is 5. The minimum Gasteiger partial charge on any atom is -0.394 e. The topological polar surface area (TPSA) is 194 Å². The van der Waals surface area contributed by atoms with Crippen molar-refractivity contribution in [2.24, 2.45) is 5.92 Å². The number of anilines is 3. The summed E-state index contributed by atoms with van der Waals surface area (Å²) in [4.78, 5) is 64.9. The second kappa shape index (κ2) is 18.9. The molecular weight excluding hydrogens is 876 g/mol. The number of aliphatic hydroxyl groups excluding tert-OH is 1. The summed E-state index contributed by atoms with van der Waals surface area (Å²) in [5, 5.41) is 22.1. The highest BCUT2D eigenvalue weighted by atomic mass is 32.2. The number of benzene rings is 5. The third-order valence-electron chi connectivity index (χ3n) is 13.3. The number of rotatable bonds is 15. The second-order valence-corrected chi connectivity index (χ2v) is 19.6. The largest absolute Gasteiger partial charge is 0.394 e. The first-order valence-corrected chi connectivity index (χ1v) is 24.1. The molecule has 5 aromatic rings. The van der Waals surface area contributed by atoms with E-state index in [4.69, 9.17) is 0 Å². The van der Waals surface area contributed by atoms with Gasteiger partial charge in [-0.05, 0) is 128 Å². The Balaban J connectivity index is 0.775. The smallest absolute Gasteiger partial charge is 0.264 e. The molecule has 0 radical (unpaired) electrons. The quantitative estimate of drug-likeness (QED) is 0.0554. The molecule has 0 spiro atoms. The average molecular weight is 927 g/mol. The van der Waals surface area contributed by atoms with E-state index in [1.54, 1.807) is 52.8 Å². The molecule has 346 valence electrons. The molecule has 0 bridgehead atoms. The van der Waals surface area contributed by atoms with Crippen LogP contribution in [-0.2, 0) is 37.2 Å². The number of fused-ring (bicyclic) bond motifs is 4. The van der Waals surface area contributed by atoms with Gasteiger partial charge in [0.15, 0.2) is 0 Å². The lowest BCUT2D eigenvalue weighted by Gasteiger charge is -2.39. The number of sulfonamides is 1. The summed E-state index contributed by atoms with van der Waals surface area (Å²) < 4.78 is 44.9. The zero-order valence-electron chi connectivity index (χ0n) is 36.9.